The van der Waals surface area contributed by atoms with Crippen molar-refractivity contribution in [3.8, 4) is 0 Å². The van der Waals surface area contributed by atoms with Gasteiger partial charge in [-0.1, -0.05) is 30.3 Å². The Morgan fingerprint density at radius 1 is 1.14 bits per heavy atom. The number of hydroxylamine groups is 3. The fourth-order valence-corrected chi connectivity index (χ4v) is 1.99. The van der Waals surface area contributed by atoms with Crippen LogP contribution in [0.3, 0.4) is 0 Å². The van der Waals surface area contributed by atoms with E-state index in [9.17, 15) is 24.4 Å². The van der Waals surface area contributed by atoms with E-state index < -0.39 is 35.0 Å². The van der Waals surface area contributed by atoms with Crippen LogP contribution < -0.4 is 5.32 Å². The van der Waals surface area contributed by atoms with E-state index in [1.807, 2.05) is 6.07 Å². The van der Waals surface area contributed by atoms with Gasteiger partial charge in [-0.05, 0) is 5.56 Å². The number of carbonyl (C=O) groups excluding carboxylic acids is 4. The number of likely N-dealkylation sites (tertiary alicyclic amines) is 1. The largest absolute Gasteiger partial charge is 0.445 e. The first kappa shape index (κ1) is 15.8. The van der Waals surface area contributed by atoms with Gasteiger partial charge < -0.3 is 10.1 Å². The predicted molar refractivity (Wildman–Crippen MR) is 70.9 cm³/mol. The molecule has 1 aromatic carbocycles. The van der Waals surface area contributed by atoms with Crippen LogP contribution in [0.15, 0.2) is 30.3 Å². The molecule has 8 nitrogen and oxygen atoms in total. The molecule has 1 aliphatic rings. The van der Waals surface area contributed by atoms with Crippen molar-refractivity contribution < 1.29 is 33.8 Å². The molecule has 0 saturated carbocycles. The first-order chi connectivity index (χ1) is 10.4. The Morgan fingerprint density at radius 2 is 1.73 bits per heavy atom. The van der Waals surface area contributed by atoms with E-state index in [1.165, 1.54) is 0 Å². The van der Waals surface area contributed by atoms with Crippen LogP contribution in [-0.4, -0.2) is 40.2 Å². The average Bonchev–Trinajstić information content (AvgIpc) is 2.80. The number of rotatable bonds is 4. The van der Waals surface area contributed by atoms with Gasteiger partial charge in [0.1, 0.15) is 13.2 Å². The van der Waals surface area contributed by atoms with E-state index in [4.69, 9.17) is 4.74 Å². The second-order valence-electron chi connectivity index (χ2n) is 4.73. The number of hydrogen-bond donors (Lipinski definition) is 2. The smallest absolute Gasteiger partial charge is 0.408 e. The molecule has 0 aromatic heterocycles. The zero-order valence-electron chi connectivity index (χ0n) is 11.7. The number of ether oxygens (including phenoxy) is 1. The lowest BCUT2D eigenvalue weighted by molar-refractivity contribution is -0.904. The maximum atomic E-state index is 11.8. The van der Waals surface area contributed by atoms with Crippen molar-refractivity contribution in [2.75, 3.05) is 6.54 Å². The lowest BCUT2D eigenvalue weighted by Gasteiger charge is -2.16. The first-order valence-corrected chi connectivity index (χ1v) is 6.61. The van der Waals surface area contributed by atoms with Crippen molar-refractivity contribution >= 4 is 23.8 Å². The third-order valence-electron chi connectivity index (χ3n) is 3.23. The Labute approximate surface area is 125 Å². The highest BCUT2D eigenvalue weighted by Gasteiger charge is 2.56. The monoisotopic (exact) mass is 307 g/mol. The van der Waals surface area contributed by atoms with Gasteiger partial charge in [0, 0.05) is 4.65 Å². The van der Waals surface area contributed by atoms with Gasteiger partial charge in [0.05, 0.1) is 12.8 Å². The van der Waals surface area contributed by atoms with Gasteiger partial charge in [0.2, 0.25) is 0 Å². The lowest BCUT2D eigenvalue weighted by Crippen LogP contribution is -2.57. The number of alkyl carbamates (subject to hydrolysis) is 1. The summed E-state index contributed by atoms with van der Waals surface area (Å²) < 4.78 is 2.98. The van der Waals surface area contributed by atoms with Crippen LogP contribution in [0.25, 0.3) is 0 Å². The quantitative estimate of drug-likeness (QED) is 0.476. The molecule has 1 heterocycles. The second-order valence-corrected chi connectivity index (χ2v) is 4.73. The van der Waals surface area contributed by atoms with Crippen LogP contribution in [0.5, 0.6) is 0 Å². The topological polar surface area (TPSA) is 110 Å². The molecule has 0 spiro atoms. The molecule has 1 fully saturated rings. The molecule has 1 saturated heterocycles. The second kappa shape index (κ2) is 6.46. The first-order valence-electron chi connectivity index (χ1n) is 6.61. The van der Waals surface area contributed by atoms with Crippen LogP contribution in [-0.2, 0) is 25.7 Å². The summed E-state index contributed by atoms with van der Waals surface area (Å²) >= 11 is 0. The van der Waals surface area contributed by atoms with Gasteiger partial charge in [0.25, 0.3) is 0 Å². The Bertz CT molecular complexity index is 597. The third-order valence-corrected chi connectivity index (χ3v) is 3.23. The Balaban J connectivity index is 1.82. The molecule has 0 unspecified atom stereocenters. The summed E-state index contributed by atoms with van der Waals surface area (Å²) in [5.74, 6) is -2.90. The minimum absolute atomic E-state index is 0.0118. The molecule has 2 rings (SSSR count). The molecule has 0 atom stereocenters. The average molecular weight is 307 g/mol. The van der Waals surface area contributed by atoms with Crippen LogP contribution >= 0.6 is 0 Å². The maximum Gasteiger partial charge on any atom is 0.408 e. The van der Waals surface area contributed by atoms with Gasteiger partial charge in [-0.3, -0.25) is 0 Å². The van der Waals surface area contributed by atoms with Crippen LogP contribution in [0, 0.1) is 0 Å². The van der Waals surface area contributed by atoms with E-state index in [0.29, 0.717) is 0 Å². The molecule has 2 N–H and O–H groups in total. The summed E-state index contributed by atoms with van der Waals surface area (Å²) in [7, 11) is 0. The molecule has 1 aliphatic heterocycles. The minimum atomic E-state index is -1.89. The number of nitrogens with one attached hydrogen (secondary N) is 1. The van der Waals surface area contributed by atoms with E-state index in [2.05, 4.69) is 5.32 Å². The maximum absolute atomic E-state index is 11.8. The molecule has 8 heteroatoms. The van der Waals surface area contributed by atoms with Crippen molar-refractivity contribution in [1.82, 2.24) is 5.32 Å². The fourth-order valence-electron chi connectivity index (χ4n) is 1.99. The van der Waals surface area contributed by atoms with Crippen molar-refractivity contribution in [2.45, 2.75) is 19.4 Å². The number of hydrogen-bond acceptors (Lipinski definition) is 6. The highest BCUT2D eigenvalue weighted by molar-refractivity contribution is 6.02. The number of amides is 4. The summed E-state index contributed by atoms with van der Waals surface area (Å²) in [5.41, 5.74) is 0.763. The molecular formula is C14H15N2O6+. The summed E-state index contributed by atoms with van der Waals surface area (Å²) in [6, 6.07) is 8.90. The summed E-state index contributed by atoms with van der Waals surface area (Å²) in [6.45, 7) is -0.667. The van der Waals surface area contributed by atoms with Gasteiger partial charge >= 0.3 is 23.8 Å². The van der Waals surface area contributed by atoms with Crippen molar-refractivity contribution in [1.29, 1.82) is 0 Å². The Kier molecular flexibility index (Phi) is 4.64. The summed E-state index contributed by atoms with van der Waals surface area (Å²) in [6.07, 6.45) is -1.28. The van der Waals surface area contributed by atoms with Crippen LogP contribution in [0.2, 0.25) is 0 Å². The fraction of sp³-hybridized carbons (Fsp3) is 0.286. The number of nitrogens with zero attached hydrogens (tertiary/aromatic N) is 1. The molecule has 0 radical (unpaired) electrons. The van der Waals surface area contributed by atoms with Gasteiger partial charge in [-0.15, -0.1) is 0 Å². The molecule has 1 aromatic rings. The predicted octanol–water partition coefficient (Wildman–Crippen LogP) is 0.492. The van der Waals surface area contributed by atoms with Crippen molar-refractivity contribution in [3.05, 3.63) is 35.9 Å². The molecule has 0 bridgehead atoms. The third kappa shape index (κ3) is 3.18. The van der Waals surface area contributed by atoms with E-state index in [1.54, 1.807) is 24.3 Å². The van der Waals surface area contributed by atoms with Gasteiger partial charge in [-0.2, -0.15) is 5.21 Å². The van der Waals surface area contributed by atoms with Crippen LogP contribution in [0.1, 0.15) is 18.4 Å². The zero-order valence-corrected chi connectivity index (χ0v) is 11.7. The summed E-state index contributed by atoms with van der Waals surface area (Å²) in [5, 5.41) is 11.9. The minimum Gasteiger partial charge on any atom is -0.445 e. The summed E-state index contributed by atoms with van der Waals surface area (Å²) in [4.78, 5) is 46.1. The number of quaternary nitrogens is 1. The highest BCUT2D eigenvalue weighted by Crippen LogP contribution is 2.19. The van der Waals surface area contributed by atoms with E-state index >= 15 is 0 Å². The Morgan fingerprint density at radius 3 is 2.32 bits per heavy atom. The number of carbonyl (C=O) groups is 4. The molecular weight excluding hydrogens is 292 g/mol. The highest BCUT2D eigenvalue weighted by atomic mass is 16.6. The van der Waals surface area contributed by atoms with Crippen molar-refractivity contribution in [3.63, 3.8) is 0 Å². The van der Waals surface area contributed by atoms with E-state index in [-0.39, 0.29) is 19.4 Å². The zero-order chi connectivity index (χ0) is 16.2. The SMILES string of the molecule is O=C(NCC(=O)[N+]1(O)C(=O)CCC1=O)OCc1ccccc1. The lowest BCUT2D eigenvalue weighted by atomic mass is 10.2. The molecule has 116 valence electrons. The molecule has 0 aliphatic carbocycles. The van der Waals surface area contributed by atoms with Crippen LogP contribution in [0.4, 0.5) is 4.79 Å². The Hall–Kier alpha value is -2.58. The van der Waals surface area contributed by atoms with E-state index in [0.717, 1.165) is 5.56 Å². The van der Waals surface area contributed by atoms with Crippen molar-refractivity contribution in [2.24, 2.45) is 0 Å². The number of benzene rings is 1. The van der Waals surface area contributed by atoms with Gasteiger partial charge in [-0.25, -0.2) is 19.2 Å². The molecule has 22 heavy (non-hydrogen) atoms. The standard InChI is InChI=1S/C14H14N2O6/c17-11-6-7-12(18)16(11,21)13(19)8-15-14(20)22-9-10-4-2-1-3-5-10/h1-5,21H,6-9H2/p+1. The normalized spacial score (nSPS) is 16.4. The molecule has 4 amide bonds. The number of imide groups is 3. The van der Waals surface area contributed by atoms with Gasteiger partial charge in [0.15, 0.2) is 0 Å².